The Morgan fingerprint density at radius 3 is 2.70 bits per heavy atom. The first-order chi connectivity index (χ1) is 9.76. The van der Waals surface area contributed by atoms with E-state index in [9.17, 15) is 0 Å². The van der Waals surface area contributed by atoms with Crippen molar-refractivity contribution in [1.29, 1.82) is 0 Å². The molecule has 2 aromatic rings. The maximum Gasteiger partial charge on any atom is 0.321 e. The number of hydrogen-bond acceptors (Lipinski definition) is 7. The van der Waals surface area contributed by atoms with Crippen LogP contribution in [0.25, 0.3) is 11.4 Å². The average molecular weight is 275 g/mol. The van der Waals surface area contributed by atoms with E-state index in [1.54, 1.807) is 19.5 Å². The van der Waals surface area contributed by atoms with Crippen LogP contribution in [0.4, 0.5) is 5.95 Å². The first-order valence-electron chi connectivity index (χ1n) is 6.39. The summed E-state index contributed by atoms with van der Waals surface area (Å²) in [6.45, 7) is 5.05. The summed E-state index contributed by atoms with van der Waals surface area (Å²) >= 11 is 0. The molecular weight excluding hydrogens is 258 g/mol. The molecule has 0 aliphatic carbocycles. The lowest BCUT2D eigenvalue weighted by atomic mass is 10.2. The molecule has 0 saturated carbocycles. The highest BCUT2D eigenvalue weighted by molar-refractivity contribution is 5.57. The first-order valence-corrected chi connectivity index (χ1v) is 6.39. The fourth-order valence-electron chi connectivity index (χ4n) is 1.57. The Kier molecular flexibility index (Phi) is 4.65. The molecular formula is C13H17N5O2. The van der Waals surface area contributed by atoms with Crippen LogP contribution in [0, 0.1) is 0 Å². The van der Waals surface area contributed by atoms with Gasteiger partial charge >= 0.3 is 6.01 Å². The lowest BCUT2D eigenvalue weighted by Crippen LogP contribution is -2.07. The van der Waals surface area contributed by atoms with Crippen molar-refractivity contribution < 1.29 is 9.47 Å². The van der Waals surface area contributed by atoms with Crippen LogP contribution >= 0.6 is 0 Å². The lowest BCUT2D eigenvalue weighted by molar-refractivity contribution is 0.312. The summed E-state index contributed by atoms with van der Waals surface area (Å²) in [6.07, 6.45) is 3.29. The van der Waals surface area contributed by atoms with Crippen LogP contribution in [0.2, 0.25) is 0 Å². The van der Waals surface area contributed by atoms with Crippen LogP contribution in [0.1, 0.15) is 13.8 Å². The fraction of sp³-hybridized carbons (Fsp3) is 0.385. The summed E-state index contributed by atoms with van der Waals surface area (Å²) < 4.78 is 10.5. The van der Waals surface area contributed by atoms with Crippen LogP contribution in [0.15, 0.2) is 18.5 Å². The summed E-state index contributed by atoms with van der Waals surface area (Å²) in [5, 5.41) is 3.05. The highest BCUT2D eigenvalue weighted by Gasteiger charge is 2.10. The smallest absolute Gasteiger partial charge is 0.321 e. The van der Waals surface area contributed by atoms with E-state index < -0.39 is 0 Å². The maximum atomic E-state index is 5.36. The summed E-state index contributed by atoms with van der Waals surface area (Å²) in [5.74, 6) is 1.61. The van der Waals surface area contributed by atoms with Gasteiger partial charge in [-0.1, -0.05) is 0 Å². The molecule has 0 bridgehead atoms. The number of rotatable bonds is 6. The first kappa shape index (κ1) is 14.0. The van der Waals surface area contributed by atoms with Crippen molar-refractivity contribution in [3.05, 3.63) is 18.5 Å². The highest BCUT2D eigenvalue weighted by atomic mass is 16.5. The minimum atomic E-state index is 0.288. The Hall–Kier alpha value is -2.44. The van der Waals surface area contributed by atoms with Gasteiger partial charge in [0.15, 0.2) is 5.82 Å². The fourth-order valence-corrected chi connectivity index (χ4v) is 1.57. The van der Waals surface area contributed by atoms with Gasteiger partial charge in [-0.25, -0.2) is 0 Å². The minimum absolute atomic E-state index is 0.288. The molecule has 0 aliphatic rings. The molecule has 106 valence electrons. The van der Waals surface area contributed by atoms with Gasteiger partial charge in [0.1, 0.15) is 5.75 Å². The van der Waals surface area contributed by atoms with E-state index in [0.29, 0.717) is 30.7 Å². The number of methoxy groups -OCH3 is 1. The van der Waals surface area contributed by atoms with Gasteiger partial charge in [0.2, 0.25) is 5.95 Å². The normalized spacial score (nSPS) is 10.2. The molecule has 0 atom stereocenters. The number of aromatic nitrogens is 4. The van der Waals surface area contributed by atoms with Gasteiger partial charge in [-0.2, -0.15) is 15.0 Å². The van der Waals surface area contributed by atoms with Gasteiger partial charge < -0.3 is 14.8 Å². The van der Waals surface area contributed by atoms with E-state index in [4.69, 9.17) is 9.47 Å². The largest absolute Gasteiger partial charge is 0.495 e. The van der Waals surface area contributed by atoms with Gasteiger partial charge in [0, 0.05) is 18.3 Å². The molecule has 0 saturated heterocycles. The average Bonchev–Trinajstić information content (AvgIpc) is 2.48. The third-order valence-electron chi connectivity index (χ3n) is 2.43. The monoisotopic (exact) mass is 275 g/mol. The maximum absolute atomic E-state index is 5.36. The van der Waals surface area contributed by atoms with Crippen molar-refractivity contribution in [2.24, 2.45) is 0 Å². The number of hydrogen-bond donors (Lipinski definition) is 1. The molecule has 7 heteroatoms. The van der Waals surface area contributed by atoms with Crippen molar-refractivity contribution in [2.75, 3.05) is 25.6 Å². The van der Waals surface area contributed by atoms with Gasteiger partial charge in [-0.05, 0) is 19.9 Å². The van der Waals surface area contributed by atoms with Crippen molar-refractivity contribution >= 4 is 5.95 Å². The molecule has 7 nitrogen and oxygen atoms in total. The van der Waals surface area contributed by atoms with E-state index in [0.717, 1.165) is 5.56 Å². The van der Waals surface area contributed by atoms with Gasteiger partial charge in [-0.15, -0.1) is 0 Å². The Morgan fingerprint density at radius 2 is 2.00 bits per heavy atom. The van der Waals surface area contributed by atoms with Crippen molar-refractivity contribution in [2.45, 2.75) is 13.8 Å². The van der Waals surface area contributed by atoms with Crippen molar-refractivity contribution in [1.82, 2.24) is 19.9 Å². The number of anilines is 1. The summed E-state index contributed by atoms with van der Waals surface area (Å²) in [7, 11) is 1.59. The predicted octanol–water partition coefficient (Wildman–Crippen LogP) is 1.77. The SMILES string of the molecule is CCNc1nc(OCC)nc(-c2cncc(OC)c2)n1. The van der Waals surface area contributed by atoms with E-state index in [1.165, 1.54) is 0 Å². The van der Waals surface area contributed by atoms with Gasteiger partial charge in [0.05, 0.1) is 19.9 Å². The molecule has 1 N–H and O–H groups in total. The quantitative estimate of drug-likeness (QED) is 0.860. The molecule has 0 amide bonds. The van der Waals surface area contributed by atoms with Crippen molar-refractivity contribution in [3.63, 3.8) is 0 Å². The summed E-state index contributed by atoms with van der Waals surface area (Å²) in [6, 6.07) is 2.10. The van der Waals surface area contributed by atoms with Crippen LogP contribution in [-0.2, 0) is 0 Å². The van der Waals surface area contributed by atoms with Crippen LogP contribution in [0.3, 0.4) is 0 Å². The third kappa shape index (κ3) is 3.31. The topological polar surface area (TPSA) is 82.1 Å². The minimum Gasteiger partial charge on any atom is -0.495 e. The second-order valence-corrected chi connectivity index (χ2v) is 3.84. The number of pyridine rings is 1. The van der Waals surface area contributed by atoms with Crippen LogP contribution in [-0.4, -0.2) is 40.2 Å². The zero-order valence-corrected chi connectivity index (χ0v) is 11.8. The summed E-state index contributed by atoms with van der Waals surface area (Å²) in [4.78, 5) is 16.9. The van der Waals surface area contributed by atoms with Gasteiger partial charge in [-0.3, -0.25) is 4.98 Å². The molecule has 0 unspecified atom stereocenters. The predicted molar refractivity (Wildman–Crippen MR) is 74.9 cm³/mol. The molecule has 20 heavy (non-hydrogen) atoms. The standard InChI is InChI=1S/C13H17N5O2/c1-4-15-12-16-11(17-13(18-12)20-5-2)9-6-10(19-3)8-14-7-9/h6-8H,4-5H2,1-3H3,(H,15,16,17,18). The van der Waals surface area contributed by atoms with Crippen molar-refractivity contribution in [3.8, 4) is 23.1 Å². The molecule has 0 radical (unpaired) electrons. The zero-order valence-electron chi connectivity index (χ0n) is 11.8. The third-order valence-corrected chi connectivity index (χ3v) is 2.43. The molecule has 2 heterocycles. The Balaban J connectivity index is 2.42. The molecule has 0 aromatic carbocycles. The number of nitrogens with one attached hydrogen (secondary N) is 1. The molecule has 0 spiro atoms. The van der Waals surface area contributed by atoms with Crippen LogP contribution < -0.4 is 14.8 Å². The van der Waals surface area contributed by atoms with E-state index >= 15 is 0 Å². The van der Waals surface area contributed by atoms with Crippen LogP contribution in [0.5, 0.6) is 11.8 Å². The Bertz CT molecular complexity index is 552. The van der Waals surface area contributed by atoms with E-state index in [1.807, 2.05) is 19.9 Å². The molecule has 2 aromatic heterocycles. The highest BCUT2D eigenvalue weighted by Crippen LogP contribution is 2.21. The lowest BCUT2D eigenvalue weighted by Gasteiger charge is -2.08. The molecule has 0 fully saturated rings. The second kappa shape index (κ2) is 6.65. The van der Waals surface area contributed by atoms with E-state index in [2.05, 4.69) is 25.3 Å². The number of nitrogens with zero attached hydrogens (tertiary/aromatic N) is 4. The summed E-state index contributed by atoms with van der Waals surface area (Å²) in [5.41, 5.74) is 0.742. The zero-order chi connectivity index (χ0) is 14.4. The number of ether oxygens (including phenoxy) is 2. The Morgan fingerprint density at radius 1 is 1.15 bits per heavy atom. The second-order valence-electron chi connectivity index (χ2n) is 3.84. The molecule has 0 aliphatic heterocycles. The van der Waals surface area contributed by atoms with E-state index in [-0.39, 0.29) is 6.01 Å². The van der Waals surface area contributed by atoms with Gasteiger partial charge in [0.25, 0.3) is 0 Å². The molecule has 2 rings (SSSR count). The Labute approximate surface area is 117 Å².